The predicted octanol–water partition coefficient (Wildman–Crippen LogP) is 0.561. The molecule has 1 heterocycles. The maximum absolute atomic E-state index is 12.9. The minimum absolute atomic E-state index is 0.0364. The highest BCUT2D eigenvalue weighted by Gasteiger charge is 2.27. The Morgan fingerprint density at radius 3 is 2.21 bits per heavy atom. The number of carboxylic acid groups (broad SMARTS) is 1. The second-order valence-corrected chi connectivity index (χ2v) is 7.16. The third-order valence-corrected chi connectivity index (χ3v) is 4.71. The van der Waals surface area contributed by atoms with Gasteiger partial charge in [-0.05, 0) is 24.3 Å². The molecule has 2 rings (SSSR count). The molecular formula is C19H27FN4O4. The normalized spacial score (nSPS) is 16.4. The lowest BCUT2D eigenvalue weighted by Gasteiger charge is -2.35. The van der Waals surface area contributed by atoms with Crippen LogP contribution in [0.4, 0.5) is 10.1 Å². The topological polar surface area (TPSA) is 93.2 Å². The van der Waals surface area contributed by atoms with Crippen molar-refractivity contribution < 1.29 is 23.9 Å². The van der Waals surface area contributed by atoms with Crippen LogP contribution in [0.15, 0.2) is 24.3 Å². The van der Waals surface area contributed by atoms with Gasteiger partial charge in [0.15, 0.2) is 0 Å². The number of anilines is 1. The van der Waals surface area contributed by atoms with Crippen LogP contribution in [0.3, 0.4) is 0 Å². The lowest BCUT2D eigenvalue weighted by Crippen LogP contribution is -2.50. The molecule has 0 unspecified atom stereocenters. The highest BCUT2D eigenvalue weighted by atomic mass is 19.1. The van der Waals surface area contributed by atoms with Gasteiger partial charge in [-0.15, -0.1) is 0 Å². The first kappa shape index (κ1) is 21.8. The standard InChI is InChI=1S/C19H27FN4O4/c1-22(2)18(26)13-24-9-7-23(8-10-24)12-14(19(27)28)11-17(25)21-16-5-3-15(20)4-6-16/h3-6,14H,7-13H2,1-2H3,(H,21,25)(H,27,28)/t14-/m1/s1. The number of benzene rings is 1. The zero-order valence-corrected chi connectivity index (χ0v) is 16.2. The van der Waals surface area contributed by atoms with Crippen molar-refractivity contribution in [3.63, 3.8) is 0 Å². The van der Waals surface area contributed by atoms with Gasteiger partial charge in [-0.1, -0.05) is 0 Å². The lowest BCUT2D eigenvalue weighted by atomic mass is 10.0. The fraction of sp³-hybridized carbons (Fsp3) is 0.526. The average Bonchev–Trinajstić information content (AvgIpc) is 2.64. The Balaban J connectivity index is 1.81. The first-order valence-electron chi connectivity index (χ1n) is 9.17. The summed E-state index contributed by atoms with van der Waals surface area (Å²) >= 11 is 0. The Bertz CT molecular complexity index is 688. The summed E-state index contributed by atoms with van der Waals surface area (Å²) < 4.78 is 12.9. The van der Waals surface area contributed by atoms with Crippen LogP contribution in [0.1, 0.15) is 6.42 Å². The Morgan fingerprint density at radius 1 is 1.11 bits per heavy atom. The molecule has 1 aromatic carbocycles. The molecule has 1 saturated heterocycles. The van der Waals surface area contributed by atoms with E-state index in [0.717, 1.165) is 0 Å². The average molecular weight is 394 g/mol. The van der Waals surface area contributed by atoms with E-state index in [0.29, 0.717) is 38.4 Å². The van der Waals surface area contributed by atoms with Crippen LogP contribution in [-0.4, -0.2) is 91.0 Å². The molecule has 0 aliphatic carbocycles. The molecule has 1 aliphatic heterocycles. The van der Waals surface area contributed by atoms with E-state index in [1.54, 1.807) is 19.0 Å². The molecule has 1 aliphatic rings. The van der Waals surface area contributed by atoms with Gasteiger partial charge >= 0.3 is 5.97 Å². The molecule has 0 radical (unpaired) electrons. The quantitative estimate of drug-likeness (QED) is 0.669. The van der Waals surface area contributed by atoms with Crippen LogP contribution in [0, 0.1) is 11.7 Å². The van der Waals surface area contributed by atoms with E-state index in [2.05, 4.69) is 5.32 Å². The van der Waals surface area contributed by atoms with Gasteiger partial charge in [-0.25, -0.2) is 4.39 Å². The number of carbonyl (C=O) groups is 3. The molecule has 9 heteroatoms. The predicted molar refractivity (Wildman–Crippen MR) is 102 cm³/mol. The molecule has 8 nitrogen and oxygen atoms in total. The van der Waals surface area contributed by atoms with Crippen molar-refractivity contribution in [2.45, 2.75) is 6.42 Å². The van der Waals surface area contributed by atoms with Gasteiger partial charge in [-0.3, -0.25) is 24.2 Å². The Labute approximate surface area is 163 Å². The number of rotatable bonds is 8. The van der Waals surface area contributed by atoms with Gasteiger partial charge in [0.1, 0.15) is 5.82 Å². The third kappa shape index (κ3) is 6.90. The molecule has 0 aromatic heterocycles. The summed E-state index contributed by atoms with van der Waals surface area (Å²) in [5, 5.41) is 12.1. The van der Waals surface area contributed by atoms with Crippen molar-refractivity contribution in [3.8, 4) is 0 Å². The summed E-state index contributed by atoms with van der Waals surface area (Å²) in [6.07, 6.45) is -0.161. The summed E-state index contributed by atoms with van der Waals surface area (Å²) in [5.74, 6) is -2.66. The Morgan fingerprint density at radius 2 is 1.68 bits per heavy atom. The summed E-state index contributed by atoms with van der Waals surface area (Å²) in [5.41, 5.74) is 0.426. The van der Waals surface area contributed by atoms with Gasteiger partial charge in [0.2, 0.25) is 11.8 Å². The van der Waals surface area contributed by atoms with Crippen molar-refractivity contribution in [1.82, 2.24) is 14.7 Å². The van der Waals surface area contributed by atoms with Crippen LogP contribution >= 0.6 is 0 Å². The maximum Gasteiger partial charge on any atom is 0.308 e. The number of hydrogen-bond donors (Lipinski definition) is 2. The van der Waals surface area contributed by atoms with Crippen molar-refractivity contribution in [2.75, 3.05) is 58.7 Å². The van der Waals surface area contributed by atoms with Crippen molar-refractivity contribution in [1.29, 1.82) is 0 Å². The van der Waals surface area contributed by atoms with Gasteiger partial charge in [0.05, 0.1) is 12.5 Å². The number of piperazine rings is 1. The van der Waals surface area contributed by atoms with E-state index in [9.17, 15) is 23.9 Å². The van der Waals surface area contributed by atoms with E-state index in [-0.39, 0.29) is 18.9 Å². The molecule has 154 valence electrons. The number of nitrogens with one attached hydrogen (secondary N) is 1. The molecule has 2 amide bonds. The molecule has 28 heavy (non-hydrogen) atoms. The number of hydrogen-bond acceptors (Lipinski definition) is 5. The van der Waals surface area contributed by atoms with Gasteiger partial charge in [0.25, 0.3) is 0 Å². The molecule has 0 spiro atoms. The monoisotopic (exact) mass is 394 g/mol. The first-order valence-corrected chi connectivity index (χ1v) is 9.17. The number of carbonyl (C=O) groups excluding carboxylic acids is 2. The molecular weight excluding hydrogens is 367 g/mol. The third-order valence-electron chi connectivity index (χ3n) is 4.71. The summed E-state index contributed by atoms with van der Waals surface area (Å²) in [7, 11) is 3.43. The number of amides is 2. The second-order valence-electron chi connectivity index (χ2n) is 7.16. The van der Waals surface area contributed by atoms with Crippen molar-refractivity contribution in [3.05, 3.63) is 30.1 Å². The highest BCUT2D eigenvalue weighted by Crippen LogP contribution is 2.13. The Hall–Kier alpha value is -2.52. The summed E-state index contributed by atoms with van der Waals surface area (Å²) in [6.45, 7) is 3.25. The van der Waals surface area contributed by atoms with E-state index in [4.69, 9.17) is 0 Å². The van der Waals surface area contributed by atoms with Crippen LogP contribution in [0.25, 0.3) is 0 Å². The minimum atomic E-state index is -1.03. The van der Waals surface area contributed by atoms with Crippen LogP contribution in [0.5, 0.6) is 0 Å². The van der Waals surface area contributed by atoms with E-state index >= 15 is 0 Å². The minimum Gasteiger partial charge on any atom is -0.481 e. The van der Waals surface area contributed by atoms with Crippen LogP contribution < -0.4 is 5.32 Å². The number of carboxylic acids is 1. The lowest BCUT2D eigenvalue weighted by molar-refractivity contribution is -0.144. The van der Waals surface area contributed by atoms with Gasteiger partial charge in [0, 0.05) is 58.9 Å². The number of likely N-dealkylation sites (N-methyl/N-ethyl adjacent to an activating group) is 1. The summed E-state index contributed by atoms with van der Waals surface area (Å²) in [4.78, 5) is 41.1. The molecule has 1 aromatic rings. The SMILES string of the molecule is CN(C)C(=O)CN1CCN(C[C@@H](CC(=O)Nc2ccc(F)cc2)C(=O)O)CC1. The molecule has 1 atom stereocenters. The zero-order valence-electron chi connectivity index (χ0n) is 16.2. The number of aliphatic carboxylic acids is 1. The molecule has 1 fully saturated rings. The molecule has 0 saturated carbocycles. The van der Waals surface area contributed by atoms with Crippen molar-refractivity contribution in [2.24, 2.45) is 5.92 Å². The smallest absolute Gasteiger partial charge is 0.308 e. The number of nitrogens with zero attached hydrogens (tertiary/aromatic N) is 3. The number of halogens is 1. The van der Waals surface area contributed by atoms with E-state index < -0.39 is 23.6 Å². The Kier molecular flexibility index (Phi) is 7.89. The highest BCUT2D eigenvalue weighted by molar-refractivity contribution is 5.93. The summed E-state index contributed by atoms with van der Waals surface area (Å²) in [6, 6.07) is 5.31. The van der Waals surface area contributed by atoms with E-state index in [1.165, 1.54) is 24.3 Å². The molecule has 0 bridgehead atoms. The van der Waals surface area contributed by atoms with Crippen LogP contribution in [0.2, 0.25) is 0 Å². The largest absolute Gasteiger partial charge is 0.481 e. The fourth-order valence-electron chi connectivity index (χ4n) is 2.97. The maximum atomic E-state index is 12.9. The van der Waals surface area contributed by atoms with Gasteiger partial charge in [-0.2, -0.15) is 0 Å². The fourth-order valence-corrected chi connectivity index (χ4v) is 2.97. The van der Waals surface area contributed by atoms with E-state index in [1.807, 2.05) is 9.80 Å². The van der Waals surface area contributed by atoms with Gasteiger partial charge < -0.3 is 15.3 Å². The van der Waals surface area contributed by atoms with Crippen LogP contribution in [-0.2, 0) is 14.4 Å². The van der Waals surface area contributed by atoms with Crippen molar-refractivity contribution >= 4 is 23.5 Å². The molecule has 2 N–H and O–H groups in total. The first-order chi connectivity index (χ1) is 13.2. The zero-order chi connectivity index (χ0) is 20.7. The second kappa shape index (κ2) is 10.1.